The van der Waals surface area contributed by atoms with E-state index in [9.17, 15) is 14.9 Å². The summed E-state index contributed by atoms with van der Waals surface area (Å²) >= 11 is 0. The second-order valence-corrected chi connectivity index (χ2v) is 6.60. The normalized spacial score (nSPS) is 10.5. The van der Waals surface area contributed by atoms with Crippen LogP contribution in [0.15, 0.2) is 79.0 Å². The van der Waals surface area contributed by atoms with Gasteiger partial charge in [0.15, 0.2) is 0 Å². The van der Waals surface area contributed by atoms with Gasteiger partial charge in [0, 0.05) is 52.0 Å². The maximum absolute atomic E-state index is 12.4. The Morgan fingerprint density at radius 3 is 2.33 bits per heavy atom. The minimum atomic E-state index is -0.449. The minimum absolute atomic E-state index is 0.0105. The summed E-state index contributed by atoms with van der Waals surface area (Å²) in [7, 11) is 0. The van der Waals surface area contributed by atoms with Crippen LogP contribution < -0.4 is 16.4 Å². The molecule has 148 valence electrons. The molecule has 4 N–H and O–H groups in total. The number of nitrogens with two attached hydrogens (primary N) is 1. The third kappa shape index (κ3) is 4.02. The number of benzene rings is 3. The third-order valence-electron chi connectivity index (χ3n) is 4.53. The molecule has 8 heteroatoms. The zero-order valence-corrected chi connectivity index (χ0v) is 15.7. The fourth-order valence-corrected chi connectivity index (χ4v) is 2.99. The van der Waals surface area contributed by atoms with E-state index in [2.05, 4.69) is 15.6 Å². The highest BCUT2D eigenvalue weighted by molar-refractivity contribution is 6.04. The van der Waals surface area contributed by atoms with Gasteiger partial charge in [-0.3, -0.25) is 19.9 Å². The molecular weight excluding hydrogens is 382 g/mol. The van der Waals surface area contributed by atoms with Crippen molar-refractivity contribution < 1.29 is 9.72 Å². The lowest BCUT2D eigenvalue weighted by atomic mass is 10.1. The lowest BCUT2D eigenvalue weighted by molar-refractivity contribution is -0.384. The van der Waals surface area contributed by atoms with Crippen molar-refractivity contribution in [2.45, 2.75) is 0 Å². The monoisotopic (exact) mass is 399 g/mol. The quantitative estimate of drug-likeness (QED) is 0.253. The predicted octanol–water partition coefficient (Wildman–Crippen LogP) is 4.72. The first-order chi connectivity index (χ1) is 14.5. The van der Waals surface area contributed by atoms with Gasteiger partial charge in [0.2, 0.25) is 0 Å². The maximum atomic E-state index is 12.4. The van der Waals surface area contributed by atoms with Crippen LogP contribution in [0.3, 0.4) is 0 Å². The third-order valence-corrected chi connectivity index (χ3v) is 4.53. The van der Waals surface area contributed by atoms with Crippen LogP contribution in [0.25, 0.3) is 10.9 Å². The number of nitro groups is 1. The SMILES string of the molecule is Nc1ccc(NC(=O)c2ccc(Nc3ccnc4cc([N+](=O)[O-])ccc34)cc2)cc1. The van der Waals surface area contributed by atoms with E-state index in [4.69, 9.17) is 5.73 Å². The van der Waals surface area contributed by atoms with Crippen molar-refractivity contribution in [3.05, 3.63) is 94.7 Å². The van der Waals surface area contributed by atoms with Crippen LogP contribution in [0.4, 0.5) is 28.4 Å². The van der Waals surface area contributed by atoms with Crippen molar-refractivity contribution in [1.29, 1.82) is 0 Å². The van der Waals surface area contributed by atoms with Gasteiger partial charge in [-0.05, 0) is 60.7 Å². The number of pyridine rings is 1. The fraction of sp³-hybridized carbons (Fsp3) is 0. The number of nitrogens with one attached hydrogen (secondary N) is 2. The van der Waals surface area contributed by atoms with Crippen molar-refractivity contribution in [3.63, 3.8) is 0 Å². The number of nitro benzene ring substituents is 1. The smallest absolute Gasteiger partial charge is 0.271 e. The number of nitrogens with zero attached hydrogens (tertiary/aromatic N) is 2. The van der Waals surface area contributed by atoms with E-state index in [-0.39, 0.29) is 11.6 Å². The van der Waals surface area contributed by atoms with Gasteiger partial charge in [-0.25, -0.2) is 0 Å². The van der Waals surface area contributed by atoms with Crippen molar-refractivity contribution in [1.82, 2.24) is 4.98 Å². The summed E-state index contributed by atoms with van der Waals surface area (Å²) in [5, 5.41) is 17.8. The molecule has 0 fully saturated rings. The molecule has 0 radical (unpaired) electrons. The van der Waals surface area contributed by atoms with Crippen molar-refractivity contribution in [2.24, 2.45) is 0 Å². The average Bonchev–Trinajstić information content (AvgIpc) is 2.75. The summed E-state index contributed by atoms with van der Waals surface area (Å²) in [5.74, 6) is -0.229. The first-order valence-corrected chi connectivity index (χ1v) is 9.07. The molecule has 4 rings (SSSR count). The Labute approximate surface area is 171 Å². The Bertz CT molecular complexity index is 1240. The molecule has 0 saturated heterocycles. The van der Waals surface area contributed by atoms with Crippen molar-refractivity contribution in [3.8, 4) is 0 Å². The Morgan fingerprint density at radius 2 is 1.63 bits per heavy atom. The summed E-state index contributed by atoms with van der Waals surface area (Å²) in [4.78, 5) is 27.1. The second kappa shape index (κ2) is 7.88. The van der Waals surface area contributed by atoms with Gasteiger partial charge in [-0.2, -0.15) is 0 Å². The maximum Gasteiger partial charge on any atom is 0.271 e. The molecule has 0 aliphatic heterocycles. The molecule has 30 heavy (non-hydrogen) atoms. The van der Waals surface area contributed by atoms with Gasteiger partial charge in [0.25, 0.3) is 11.6 Å². The number of aromatic nitrogens is 1. The molecule has 0 unspecified atom stereocenters. The van der Waals surface area contributed by atoms with Crippen LogP contribution in [0.5, 0.6) is 0 Å². The van der Waals surface area contributed by atoms with E-state index in [1.54, 1.807) is 66.9 Å². The molecule has 1 aromatic heterocycles. The van der Waals surface area contributed by atoms with Gasteiger partial charge in [0.05, 0.1) is 10.4 Å². The molecule has 0 aliphatic carbocycles. The van der Waals surface area contributed by atoms with Gasteiger partial charge >= 0.3 is 0 Å². The van der Waals surface area contributed by atoms with Gasteiger partial charge < -0.3 is 16.4 Å². The summed E-state index contributed by atoms with van der Waals surface area (Å²) in [6.45, 7) is 0. The number of carbonyl (C=O) groups excluding carboxylic acids is 1. The van der Waals surface area contributed by atoms with E-state index < -0.39 is 4.92 Å². The van der Waals surface area contributed by atoms with Crippen molar-refractivity contribution in [2.75, 3.05) is 16.4 Å². The zero-order chi connectivity index (χ0) is 21.1. The van der Waals surface area contributed by atoms with Gasteiger partial charge in [-0.15, -0.1) is 0 Å². The van der Waals surface area contributed by atoms with E-state index in [0.717, 1.165) is 16.8 Å². The highest BCUT2D eigenvalue weighted by Crippen LogP contribution is 2.28. The number of rotatable bonds is 5. The van der Waals surface area contributed by atoms with Crippen LogP contribution in [0.2, 0.25) is 0 Å². The van der Waals surface area contributed by atoms with Crippen LogP contribution in [-0.4, -0.2) is 15.8 Å². The Kier molecular flexibility index (Phi) is 4.96. The lowest BCUT2D eigenvalue weighted by Crippen LogP contribution is -2.11. The molecule has 0 saturated carbocycles. The standard InChI is InChI=1S/C22H17N5O3/c23-15-3-7-17(8-4-15)26-22(28)14-1-5-16(6-2-14)25-20-11-12-24-21-13-18(27(29)30)9-10-19(20)21/h1-13H,23H2,(H,24,25)(H,26,28). The molecule has 0 spiro atoms. The number of anilines is 4. The van der Waals surface area contributed by atoms with E-state index in [1.165, 1.54) is 12.1 Å². The first kappa shape index (κ1) is 18.9. The highest BCUT2D eigenvalue weighted by Gasteiger charge is 2.10. The van der Waals surface area contributed by atoms with E-state index in [1.807, 2.05) is 0 Å². The number of fused-ring (bicyclic) bond motifs is 1. The minimum Gasteiger partial charge on any atom is -0.399 e. The molecule has 1 amide bonds. The van der Waals surface area contributed by atoms with Crippen LogP contribution in [-0.2, 0) is 0 Å². The molecule has 0 bridgehead atoms. The Morgan fingerprint density at radius 1 is 0.933 bits per heavy atom. The lowest BCUT2D eigenvalue weighted by Gasteiger charge is -2.10. The molecule has 3 aromatic carbocycles. The van der Waals surface area contributed by atoms with E-state index >= 15 is 0 Å². The summed E-state index contributed by atoms with van der Waals surface area (Å²) in [6, 6.07) is 20.2. The van der Waals surface area contributed by atoms with Gasteiger partial charge in [-0.1, -0.05) is 0 Å². The number of nitrogen functional groups attached to an aromatic ring is 1. The number of carbonyl (C=O) groups is 1. The average molecular weight is 399 g/mol. The first-order valence-electron chi connectivity index (χ1n) is 9.07. The Balaban J connectivity index is 1.51. The number of non-ortho nitro benzene ring substituents is 1. The fourth-order valence-electron chi connectivity index (χ4n) is 2.99. The van der Waals surface area contributed by atoms with Crippen LogP contribution in [0.1, 0.15) is 10.4 Å². The summed E-state index contributed by atoms with van der Waals surface area (Å²) in [5.41, 5.74) is 9.48. The Hall–Kier alpha value is -4.46. The van der Waals surface area contributed by atoms with Gasteiger partial charge in [0.1, 0.15) is 0 Å². The van der Waals surface area contributed by atoms with Crippen LogP contribution >= 0.6 is 0 Å². The second-order valence-electron chi connectivity index (χ2n) is 6.60. The molecular formula is C22H17N5O3. The predicted molar refractivity (Wildman–Crippen MR) is 117 cm³/mol. The molecule has 0 atom stereocenters. The largest absolute Gasteiger partial charge is 0.399 e. The van der Waals surface area contributed by atoms with Crippen molar-refractivity contribution >= 4 is 45.2 Å². The molecule has 0 aliphatic rings. The topological polar surface area (TPSA) is 123 Å². The number of hydrogen-bond acceptors (Lipinski definition) is 6. The molecule has 4 aromatic rings. The zero-order valence-electron chi connectivity index (χ0n) is 15.7. The molecule has 8 nitrogen and oxygen atoms in total. The molecule has 1 heterocycles. The van der Waals surface area contributed by atoms with E-state index in [0.29, 0.717) is 22.5 Å². The number of amides is 1. The highest BCUT2D eigenvalue weighted by atomic mass is 16.6. The number of hydrogen-bond donors (Lipinski definition) is 3. The summed E-state index contributed by atoms with van der Waals surface area (Å²) in [6.07, 6.45) is 1.59. The summed E-state index contributed by atoms with van der Waals surface area (Å²) < 4.78 is 0. The van der Waals surface area contributed by atoms with Crippen LogP contribution in [0, 0.1) is 10.1 Å².